The highest BCUT2D eigenvalue weighted by Gasteiger charge is 2.19. The minimum Gasteiger partial charge on any atom is -0.462 e. The van der Waals surface area contributed by atoms with Gasteiger partial charge in [-0.25, -0.2) is 0 Å². The monoisotopic (exact) mass is 765 g/mol. The second-order valence-corrected chi connectivity index (χ2v) is 16.9. The van der Waals surface area contributed by atoms with Crippen LogP contribution in [0.25, 0.3) is 0 Å². The molecule has 54 heavy (non-hydrogen) atoms. The average molecular weight is 765 g/mol. The largest absolute Gasteiger partial charge is 0.462 e. The highest BCUT2D eigenvalue weighted by molar-refractivity contribution is 5.71. The molecule has 0 aliphatic rings. The van der Waals surface area contributed by atoms with Crippen LogP contribution in [0.5, 0.6) is 0 Å². The Morgan fingerprint density at radius 3 is 0.907 bits per heavy atom. The van der Waals surface area contributed by atoms with Crippen LogP contribution < -0.4 is 0 Å². The number of carbonyl (C=O) groups excluding carboxylic acids is 3. The predicted octanol–water partition coefficient (Wildman–Crippen LogP) is 15.1. The third-order valence-corrected chi connectivity index (χ3v) is 10.8. The summed E-state index contributed by atoms with van der Waals surface area (Å²) in [6.07, 6.45) is 42.2. The molecule has 0 aliphatic heterocycles. The third kappa shape index (κ3) is 41.6. The molecule has 0 aliphatic carbocycles. The van der Waals surface area contributed by atoms with Crippen LogP contribution in [0.4, 0.5) is 0 Å². The molecule has 0 aromatic rings. The van der Waals surface area contributed by atoms with Crippen molar-refractivity contribution in [2.45, 2.75) is 271 Å². The molecule has 0 saturated carbocycles. The Morgan fingerprint density at radius 1 is 0.352 bits per heavy atom. The standard InChI is InChI=1S/C48H92O6/c1-5-7-9-11-13-15-17-19-25-29-33-37-41-48(51)54-45(42-52-46(49)39-35-31-27-23-18-16-14-12-10-8-6-2)43-53-47(50)40-36-32-28-24-21-20-22-26-30-34-38-44(3)4/h44-45H,5-43H2,1-4H3/t45-/m1/s1. The molecule has 0 rings (SSSR count). The van der Waals surface area contributed by atoms with E-state index in [1.807, 2.05) is 0 Å². The van der Waals surface area contributed by atoms with Crippen molar-refractivity contribution < 1.29 is 28.6 Å². The molecule has 6 nitrogen and oxygen atoms in total. The Balaban J connectivity index is 4.32. The summed E-state index contributed by atoms with van der Waals surface area (Å²) >= 11 is 0. The van der Waals surface area contributed by atoms with Gasteiger partial charge in [0.25, 0.3) is 0 Å². The first kappa shape index (κ1) is 52.4. The lowest BCUT2D eigenvalue weighted by Gasteiger charge is -2.18. The van der Waals surface area contributed by atoms with Crippen LogP contribution >= 0.6 is 0 Å². The average Bonchev–Trinajstić information content (AvgIpc) is 3.15. The Hall–Kier alpha value is -1.59. The lowest BCUT2D eigenvalue weighted by atomic mass is 10.0. The zero-order valence-electron chi connectivity index (χ0n) is 36.7. The first-order chi connectivity index (χ1) is 26.4. The SMILES string of the molecule is CCCCCCCCCCCCCCC(=O)O[C@H](COC(=O)CCCCCCCCCCCCC)COC(=O)CCCCCCCCCCCCC(C)C. The first-order valence-corrected chi connectivity index (χ1v) is 23.9. The van der Waals surface area contributed by atoms with Gasteiger partial charge in [-0.2, -0.15) is 0 Å². The molecule has 1 atom stereocenters. The van der Waals surface area contributed by atoms with Gasteiger partial charge in [-0.05, 0) is 25.2 Å². The lowest BCUT2D eigenvalue weighted by molar-refractivity contribution is -0.167. The lowest BCUT2D eigenvalue weighted by Crippen LogP contribution is -2.30. The van der Waals surface area contributed by atoms with Gasteiger partial charge in [0.1, 0.15) is 13.2 Å². The van der Waals surface area contributed by atoms with Gasteiger partial charge in [0.15, 0.2) is 6.10 Å². The summed E-state index contributed by atoms with van der Waals surface area (Å²) in [7, 11) is 0. The number of unbranched alkanes of at least 4 members (excludes halogenated alkanes) is 30. The van der Waals surface area contributed by atoms with Crippen molar-refractivity contribution >= 4 is 17.9 Å². The molecule has 0 N–H and O–H groups in total. The molecule has 0 amide bonds. The second-order valence-electron chi connectivity index (χ2n) is 16.9. The van der Waals surface area contributed by atoms with E-state index in [2.05, 4.69) is 27.7 Å². The summed E-state index contributed by atoms with van der Waals surface area (Å²) in [6, 6.07) is 0. The summed E-state index contributed by atoms with van der Waals surface area (Å²) in [4.78, 5) is 37.8. The van der Waals surface area contributed by atoms with Crippen LogP contribution in [0.1, 0.15) is 265 Å². The van der Waals surface area contributed by atoms with Gasteiger partial charge in [-0.1, -0.05) is 227 Å². The summed E-state index contributed by atoms with van der Waals surface area (Å²) in [5.74, 6) is -0.0327. The summed E-state index contributed by atoms with van der Waals surface area (Å²) < 4.78 is 16.7. The van der Waals surface area contributed by atoms with Gasteiger partial charge in [-0.3, -0.25) is 14.4 Å². The molecule has 0 saturated heterocycles. The summed E-state index contributed by atoms with van der Waals surface area (Å²) in [6.45, 7) is 8.99. The number of ether oxygens (including phenoxy) is 3. The second kappa shape index (κ2) is 42.6. The van der Waals surface area contributed by atoms with E-state index in [9.17, 15) is 14.4 Å². The summed E-state index contributed by atoms with van der Waals surface area (Å²) in [5.41, 5.74) is 0. The van der Waals surface area contributed by atoms with E-state index in [0.717, 1.165) is 63.7 Å². The van der Waals surface area contributed by atoms with Crippen molar-refractivity contribution in [1.29, 1.82) is 0 Å². The van der Waals surface area contributed by atoms with Crippen molar-refractivity contribution in [2.24, 2.45) is 5.92 Å². The summed E-state index contributed by atoms with van der Waals surface area (Å²) in [5, 5.41) is 0. The fourth-order valence-electron chi connectivity index (χ4n) is 7.16. The Morgan fingerprint density at radius 2 is 0.611 bits per heavy atom. The molecule has 0 aromatic carbocycles. The van der Waals surface area contributed by atoms with Gasteiger partial charge >= 0.3 is 17.9 Å². The predicted molar refractivity (Wildman–Crippen MR) is 229 cm³/mol. The molecule has 0 bridgehead atoms. The number of esters is 3. The van der Waals surface area contributed by atoms with E-state index in [-0.39, 0.29) is 31.1 Å². The third-order valence-electron chi connectivity index (χ3n) is 10.8. The Bertz CT molecular complexity index is 811. The smallest absolute Gasteiger partial charge is 0.306 e. The Labute approximate surface area is 336 Å². The van der Waals surface area contributed by atoms with Crippen molar-refractivity contribution in [2.75, 3.05) is 13.2 Å². The molecular formula is C48H92O6. The molecule has 320 valence electrons. The van der Waals surface area contributed by atoms with E-state index in [1.54, 1.807) is 0 Å². The van der Waals surface area contributed by atoms with E-state index in [4.69, 9.17) is 14.2 Å². The molecule has 0 spiro atoms. The zero-order chi connectivity index (χ0) is 39.6. The van der Waals surface area contributed by atoms with Gasteiger partial charge in [0, 0.05) is 19.3 Å². The highest BCUT2D eigenvalue weighted by Crippen LogP contribution is 2.16. The van der Waals surface area contributed by atoms with Crippen molar-refractivity contribution in [3.63, 3.8) is 0 Å². The van der Waals surface area contributed by atoms with Crippen LogP contribution in [-0.4, -0.2) is 37.2 Å². The fraction of sp³-hybridized carbons (Fsp3) is 0.938. The minimum atomic E-state index is -0.759. The quantitative estimate of drug-likeness (QED) is 0.0349. The molecule has 0 radical (unpaired) electrons. The first-order valence-electron chi connectivity index (χ1n) is 23.9. The van der Waals surface area contributed by atoms with Crippen LogP contribution in [-0.2, 0) is 28.6 Å². The van der Waals surface area contributed by atoms with Gasteiger partial charge in [0.05, 0.1) is 0 Å². The van der Waals surface area contributed by atoms with Crippen molar-refractivity contribution in [3.05, 3.63) is 0 Å². The van der Waals surface area contributed by atoms with Gasteiger partial charge in [0.2, 0.25) is 0 Å². The molecule has 0 unspecified atom stereocenters. The number of hydrogen-bond donors (Lipinski definition) is 0. The van der Waals surface area contributed by atoms with Crippen LogP contribution in [0.15, 0.2) is 0 Å². The van der Waals surface area contributed by atoms with Crippen molar-refractivity contribution in [3.8, 4) is 0 Å². The van der Waals surface area contributed by atoms with Crippen LogP contribution in [0.2, 0.25) is 0 Å². The van der Waals surface area contributed by atoms with E-state index >= 15 is 0 Å². The molecular weight excluding hydrogens is 673 g/mol. The highest BCUT2D eigenvalue weighted by atomic mass is 16.6. The van der Waals surface area contributed by atoms with Crippen LogP contribution in [0.3, 0.4) is 0 Å². The normalized spacial score (nSPS) is 11.9. The number of hydrogen-bond acceptors (Lipinski definition) is 6. The van der Waals surface area contributed by atoms with Gasteiger partial charge in [-0.15, -0.1) is 0 Å². The molecule has 0 heterocycles. The molecule has 0 aromatic heterocycles. The molecule has 6 heteroatoms. The minimum absolute atomic E-state index is 0.0634. The number of rotatable bonds is 43. The van der Waals surface area contributed by atoms with Crippen LogP contribution in [0, 0.1) is 5.92 Å². The van der Waals surface area contributed by atoms with E-state index < -0.39 is 6.10 Å². The van der Waals surface area contributed by atoms with E-state index in [0.29, 0.717) is 19.3 Å². The maximum Gasteiger partial charge on any atom is 0.306 e. The van der Waals surface area contributed by atoms with E-state index in [1.165, 1.54) is 161 Å². The maximum absolute atomic E-state index is 12.7. The Kier molecular flexibility index (Phi) is 41.3. The number of carbonyl (C=O) groups is 3. The van der Waals surface area contributed by atoms with Crippen molar-refractivity contribution in [1.82, 2.24) is 0 Å². The molecule has 0 fully saturated rings. The maximum atomic E-state index is 12.7. The van der Waals surface area contributed by atoms with Gasteiger partial charge < -0.3 is 14.2 Å². The zero-order valence-corrected chi connectivity index (χ0v) is 36.7. The topological polar surface area (TPSA) is 78.9 Å². The fourth-order valence-corrected chi connectivity index (χ4v) is 7.16.